The van der Waals surface area contributed by atoms with Crippen molar-refractivity contribution in [2.75, 3.05) is 16.9 Å². The highest BCUT2D eigenvalue weighted by atomic mass is 127. The smallest absolute Gasteiger partial charge is 0.271 e. The number of anilines is 3. The highest BCUT2D eigenvalue weighted by Crippen LogP contribution is 2.30. The molecule has 0 aliphatic heterocycles. The van der Waals surface area contributed by atoms with Gasteiger partial charge < -0.3 is 21.5 Å². The van der Waals surface area contributed by atoms with Crippen LogP contribution in [0.2, 0.25) is 0 Å². The van der Waals surface area contributed by atoms with Crippen LogP contribution < -0.4 is 16.4 Å². The Morgan fingerprint density at radius 2 is 2.00 bits per heavy atom. The van der Waals surface area contributed by atoms with Gasteiger partial charge in [-0.05, 0) is 73.4 Å². The van der Waals surface area contributed by atoms with E-state index in [0.717, 1.165) is 19.1 Å². The molecule has 1 aliphatic rings. The fourth-order valence-electron chi connectivity index (χ4n) is 3.34. The summed E-state index contributed by atoms with van der Waals surface area (Å²) >= 11 is 1.94. The van der Waals surface area contributed by atoms with Crippen LogP contribution >= 0.6 is 22.6 Å². The predicted molar refractivity (Wildman–Crippen MR) is 123 cm³/mol. The number of carbonyl (C=O) groups excluding carboxylic acids is 1. The fraction of sp³-hybridized carbons (Fsp3) is 0.421. The second-order valence-electron chi connectivity index (χ2n) is 7.77. The number of aliphatic hydroxyl groups is 1. The van der Waals surface area contributed by atoms with E-state index in [2.05, 4.69) is 20.6 Å². The molecule has 2 aromatic rings. The molecule has 9 nitrogen and oxygen atoms in total. The number of amides is 1. The number of sulfone groups is 1. The molecule has 0 spiro atoms. The van der Waals surface area contributed by atoms with Gasteiger partial charge in [-0.15, -0.1) is 0 Å². The third-order valence-electron chi connectivity index (χ3n) is 5.01. The average Bonchev–Trinajstić information content (AvgIpc) is 2.62. The Hall–Kier alpha value is -1.99. The standard InChI is InChI=1S/C19H24IN5O4S/c1-19(27)7-5-11(6-8-19)23-15-10-22-16(17(21)26)18(25-15)24-12-3-4-14(13(20)9-12)30(2,28)29/h3-4,9-11,27H,5-8H2,1-2H3,(H2,21,26)(H2,23,24,25). The number of nitrogens with two attached hydrogens (primary N) is 1. The summed E-state index contributed by atoms with van der Waals surface area (Å²) in [6.45, 7) is 1.84. The summed E-state index contributed by atoms with van der Waals surface area (Å²) in [4.78, 5) is 20.6. The number of rotatable bonds is 6. The largest absolute Gasteiger partial charge is 0.390 e. The maximum atomic E-state index is 11.8. The maximum absolute atomic E-state index is 11.8. The van der Waals surface area contributed by atoms with Gasteiger partial charge in [0, 0.05) is 21.6 Å². The maximum Gasteiger partial charge on any atom is 0.271 e. The second kappa shape index (κ2) is 8.63. The first-order valence-electron chi connectivity index (χ1n) is 9.37. The molecule has 1 fully saturated rings. The van der Waals surface area contributed by atoms with E-state index in [-0.39, 0.29) is 22.4 Å². The van der Waals surface area contributed by atoms with Gasteiger partial charge in [-0.25, -0.2) is 18.4 Å². The second-order valence-corrected chi connectivity index (χ2v) is 10.9. The Labute approximate surface area is 188 Å². The minimum absolute atomic E-state index is 0.0191. The number of halogens is 1. The van der Waals surface area contributed by atoms with E-state index in [1.54, 1.807) is 12.1 Å². The molecule has 162 valence electrons. The van der Waals surface area contributed by atoms with Crippen molar-refractivity contribution in [2.24, 2.45) is 5.73 Å². The fourth-order valence-corrected chi connectivity index (χ4v) is 5.78. The van der Waals surface area contributed by atoms with Gasteiger partial charge in [0.2, 0.25) is 0 Å². The normalized spacial score (nSPS) is 21.8. The number of hydrogen-bond donors (Lipinski definition) is 4. The van der Waals surface area contributed by atoms with Crippen LogP contribution in [0.1, 0.15) is 43.1 Å². The number of carbonyl (C=O) groups is 1. The first-order valence-corrected chi connectivity index (χ1v) is 12.3. The van der Waals surface area contributed by atoms with Crippen LogP contribution in [0, 0.1) is 3.57 Å². The summed E-state index contributed by atoms with van der Waals surface area (Å²) in [5.41, 5.74) is 5.33. The van der Waals surface area contributed by atoms with Crippen LogP contribution in [-0.2, 0) is 9.84 Å². The third-order valence-corrected chi connectivity index (χ3v) is 7.43. The van der Waals surface area contributed by atoms with Gasteiger partial charge in [0.1, 0.15) is 5.82 Å². The molecule has 0 atom stereocenters. The number of nitrogens with one attached hydrogen (secondary N) is 2. The van der Waals surface area contributed by atoms with Crippen LogP contribution in [0.15, 0.2) is 29.3 Å². The average molecular weight is 545 g/mol. The monoisotopic (exact) mass is 545 g/mol. The summed E-state index contributed by atoms with van der Waals surface area (Å²) in [5.74, 6) is -0.0672. The number of benzene rings is 1. The molecule has 0 unspecified atom stereocenters. The third kappa shape index (κ3) is 5.58. The molecule has 1 aromatic carbocycles. The van der Waals surface area contributed by atoms with E-state index in [0.29, 0.717) is 27.9 Å². The van der Waals surface area contributed by atoms with Gasteiger partial charge in [-0.1, -0.05) is 0 Å². The van der Waals surface area contributed by atoms with Crippen molar-refractivity contribution in [3.63, 3.8) is 0 Å². The Kier molecular flexibility index (Phi) is 6.53. The molecule has 11 heteroatoms. The zero-order valence-electron chi connectivity index (χ0n) is 16.6. The lowest BCUT2D eigenvalue weighted by Crippen LogP contribution is -2.36. The molecule has 30 heavy (non-hydrogen) atoms. The zero-order chi connectivity index (χ0) is 22.1. The van der Waals surface area contributed by atoms with Gasteiger partial charge in [0.25, 0.3) is 5.91 Å². The van der Waals surface area contributed by atoms with E-state index < -0.39 is 21.3 Å². The van der Waals surface area contributed by atoms with Crippen molar-refractivity contribution in [1.29, 1.82) is 0 Å². The molecule has 0 saturated heterocycles. The SMILES string of the molecule is CC1(O)CCC(Nc2cnc(C(N)=O)c(Nc3ccc(S(C)(=O)=O)c(I)c3)n2)CC1. The van der Waals surface area contributed by atoms with Gasteiger partial charge >= 0.3 is 0 Å². The number of nitrogens with zero attached hydrogens (tertiary/aromatic N) is 2. The first-order chi connectivity index (χ1) is 13.9. The van der Waals surface area contributed by atoms with Crippen molar-refractivity contribution >= 4 is 55.7 Å². The molecule has 5 N–H and O–H groups in total. The van der Waals surface area contributed by atoms with Crippen molar-refractivity contribution in [3.8, 4) is 0 Å². The lowest BCUT2D eigenvalue weighted by molar-refractivity contribution is 0.0196. The van der Waals surface area contributed by atoms with Gasteiger partial charge in [0.15, 0.2) is 21.3 Å². The van der Waals surface area contributed by atoms with E-state index >= 15 is 0 Å². The first kappa shape index (κ1) is 22.7. The van der Waals surface area contributed by atoms with Crippen molar-refractivity contribution in [1.82, 2.24) is 9.97 Å². The van der Waals surface area contributed by atoms with E-state index in [1.807, 2.05) is 29.5 Å². The Balaban J connectivity index is 1.83. The zero-order valence-corrected chi connectivity index (χ0v) is 19.6. The summed E-state index contributed by atoms with van der Waals surface area (Å²) in [5, 5.41) is 16.4. The molecule has 1 amide bonds. The van der Waals surface area contributed by atoms with Crippen molar-refractivity contribution in [2.45, 2.75) is 49.1 Å². The molecule has 0 radical (unpaired) electrons. The minimum atomic E-state index is -3.34. The Bertz CT molecular complexity index is 1060. The van der Waals surface area contributed by atoms with Gasteiger partial charge in [-0.3, -0.25) is 4.79 Å². The minimum Gasteiger partial charge on any atom is -0.390 e. The molecule has 1 saturated carbocycles. The van der Waals surface area contributed by atoms with E-state index in [9.17, 15) is 18.3 Å². The van der Waals surface area contributed by atoms with Crippen LogP contribution in [0.4, 0.5) is 17.3 Å². The molecular weight excluding hydrogens is 521 g/mol. The molecular formula is C19H24IN5O4S. The summed E-state index contributed by atoms with van der Waals surface area (Å²) in [6, 6.07) is 4.87. The van der Waals surface area contributed by atoms with Crippen LogP contribution in [-0.4, -0.2) is 47.3 Å². The summed E-state index contributed by atoms with van der Waals surface area (Å²) in [6.07, 6.45) is 5.56. The lowest BCUT2D eigenvalue weighted by Gasteiger charge is -2.33. The number of aromatic nitrogens is 2. The van der Waals surface area contributed by atoms with Crippen LogP contribution in [0.25, 0.3) is 0 Å². The molecule has 0 bridgehead atoms. The molecule has 1 aliphatic carbocycles. The molecule has 3 rings (SSSR count). The van der Waals surface area contributed by atoms with Crippen molar-refractivity contribution < 1.29 is 18.3 Å². The number of primary amides is 1. The van der Waals surface area contributed by atoms with Crippen molar-refractivity contribution in [3.05, 3.63) is 33.7 Å². The molecule has 1 heterocycles. The summed E-state index contributed by atoms with van der Waals surface area (Å²) < 4.78 is 24.2. The summed E-state index contributed by atoms with van der Waals surface area (Å²) in [7, 11) is -3.34. The van der Waals surface area contributed by atoms with Gasteiger partial charge in [0.05, 0.1) is 16.7 Å². The van der Waals surface area contributed by atoms with E-state index in [1.165, 1.54) is 12.3 Å². The Morgan fingerprint density at radius 3 is 2.57 bits per heavy atom. The predicted octanol–water partition coefficient (Wildman–Crippen LogP) is 2.43. The van der Waals surface area contributed by atoms with E-state index in [4.69, 9.17) is 5.73 Å². The highest BCUT2D eigenvalue weighted by molar-refractivity contribution is 14.1. The number of hydrogen-bond acceptors (Lipinski definition) is 8. The quantitative estimate of drug-likeness (QED) is 0.405. The highest BCUT2D eigenvalue weighted by Gasteiger charge is 2.29. The Morgan fingerprint density at radius 1 is 1.33 bits per heavy atom. The van der Waals surface area contributed by atoms with Crippen LogP contribution in [0.5, 0.6) is 0 Å². The lowest BCUT2D eigenvalue weighted by atomic mass is 9.84. The van der Waals surface area contributed by atoms with Crippen LogP contribution in [0.3, 0.4) is 0 Å². The molecule has 1 aromatic heterocycles. The topological polar surface area (TPSA) is 147 Å². The van der Waals surface area contributed by atoms with Gasteiger partial charge in [-0.2, -0.15) is 0 Å².